The number of halogens is 1. The van der Waals surface area contributed by atoms with E-state index >= 15 is 0 Å². The van der Waals surface area contributed by atoms with Crippen LogP contribution in [0.3, 0.4) is 0 Å². The second-order valence-electron chi connectivity index (χ2n) is 7.86. The first kappa shape index (κ1) is 26.9. The van der Waals surface area contributed by atoms with Gasteiger partial charge < -0.3 is 10.1 Å². The van der Waals surface area contributed by atoms with Crippen molar-refractivity contribution in [3.05, 3.63) is 88.9 Å². The summed E-state index contributed by atoms with van der Waals surface area (Å²) >= 11 is 7.68. The number of rotatable bonds is 12. The van der Waals surface area contributed by atoms with Gasteiger partial charge in [0.15, 0.2) is 0 Å². The fourth-order valence-electron chi connectivity index (χ4n) is 3.41. The van der Waals surface area contributed by atoms with E-state index in [1.807, 2.05) is 24.3 Å². The Balaban J connectivity index is 1.59. The van der Waals surface area contributed by atoms with E-state index in [1.54, 1.807) is 61.2 Å². The molecule has 0 fully saturated rings. The number of benzene rings is 3. The maximum absolute atomic E-state index is 13.5. The lowest BCUT2D eigenvalue weighted by molar-refractivity contribution is -0.119. The summed E-state index contributed by atoms with van der Waals surface area (Å²) in [5, 5.41) is 3.56. The van der Waals surface area contributed by atoms with Gasteiger partial charge in [0.2, 0.25) is 5.91 Å². The summed E-state index contributed by atoms with van der Waals surface area (Å²) in [4.78, 5) is 12.8. The summed E-state index contributed by atoms with van der Waals surface area (Å²) in [7, 11) is -2.43. The molecule has 0 aliphatic heterocycles. The number of nitrogens with zero attached hydrogens (tertiary/aromatic N) is 1. The Labute approximate surface area is 216 Å². The number of para-hydroxylation sites is 1. The molecule has 35 heavy (non-hydrogen) atoms. The normalized spacial score (nSPS) is 11.2. The van der Waals surface area contributed by atoms with E-state index in [9.17, 15) is 13.2 Å². The number of aryl methyl sites for hydroxylation is 1. The number of sulfonamides is 1. The van der Waals surface area contributed by atoms with Gasteiger partial charge in [-0.25, -0.2) is 8.42 Å². The van der Waals surface area contributed by atoms with E-state index < -0.39 is 10.0 Å². The number of nitrogens with one attached hydrogen (secondary N) is 1. The minimum absolute atomic E-state index is 0.103. The third kappa shape index (κ3) is 7.65. The molecule has 6 nitrogen and oxygen atoms in total. The third-order valence-corrected chi connectivity index (χ3v) is 8.39. The van der Waals surface area contributed by atoms with Crippen molar-refractivity contribution in [2.75, 3.05) is 30.3 Å². The molecule has 0 radical (unpaired) electrons. The molecule has 3 aromatic carbocycles. The summed E-state index contributed by atoms with van der Waals surface area (Å²) < 4.78 is 33.4. The van der Waals surface area contributed by atoms with Crippen LogP contribution in [0.25, 0.3) is 0 Å². The van der Waals surface area contributed by atoms with Crippen LogP contribution in [0.2, 0.25) is 5.02 Å². The maximum atomic E-state index is 13.5. The van der Waals surface area contributed by atoms with Crippen LogP contribution in [0.1, 0.15) is 17.5 Å². The Hall–Kier alpha value is -2.68. The molecular weight excluding hydrogens is 504 g/mol. The van der Waals surface area contributed by atoms with Gasteiger partial charge >= 0.3 is 0 Å². The molecule has 1 N–H and O–H groups in total. The Bertz CT molecular complexity index is 1220. The number of ether oxygens (including phenoxy) is 1. The first-order valence-electron chi connectivity index (χ1n) is 11.1. The van der Waals surface area contributed by atoms with Crippen LogP contribution in [-0.2, 0) is 20.6 Å². The van der Waals surface area contributed by atoms with E-state index in [2.05, 4.69) is 5.32 Å². The lowest BCUT2D eigenvalue weighted by atomic mass is 10.2. The molecule has 9 heteroatoms. The number of thioether (sulfide) groups is 1. The van der Waals surface area contributed by atoms with E-state index in [-0.39, 0.29) is 17.3 Å². The first-order valence-corrected chi connectivity index (χ1v) is 14.1. The van der Waals surface area contributed by atoms with Crippen LogP contribution in [0.15, 0.2) is 77.7 Å². The van der Waals surface area contributed by atoms with Gasteiger partial charge in [0.25, 0.3) is 10.0 Å². The highest BCUT2D eigenvalue weighted by atomic mass is 35.5. The number of carbonyl (C=O) groups excluding carboxylic acids is 1. The van der Waals surface area contributed by atoms with Crippen molar-refractivity contribution >= 4 is 45.0 Å². The van der Waals surface area contributed by atoms with E-state index in [1.165, 1.54) is 18.7 Å². The molecule has 0 aromatic heterocycles. The third-order valence-electron chi connectivity index (χ3n) is 5.26. The highest BCUT2D eigenvalue weighted by Gasteiger charge is 2.27. The van der Waals surface area contributed by atoms with Crippen molar-refractivity contribution in [3.63, 3.8) is 0 Å². The lowest BCUT2D eigenvalue weighted by Gasteiger charge is -2.24. The number of carbonyl (C=O) groups is 1. The summed E-state index contributed by atoms with van der Waals surface area (Å²) in [6.45, 7) is 1.94. The van der Waals surface area contributed by atoms with E-state index in [4.69, 9.17) is 16.3 Å². The smallest absolute Gasteiger partial charge is 0.264 e. The molecule has 0 atom stereocenters. The largest absolute Gasteiger partial charge is 0.496 e. The van der Waals surface area contributed by atoms with Crippen molar-refractivity contribution < 1.29 is 17.9 Å². The molecule has 0 bridgehead atoms. The lowest BCUT2D eigenvalue weighted by Crippen LogP contribution is -2.41. The van der Waals surface area contributed by atoms with Gasteiger partial charge in [-0.2, -0.15) is 11.8 Å². The van der Waals surface area contributed by atoms with Gasteiger partial charge in [0.1, 0.15) is 12.3 Å². The molecule has 0 heterocycles. The van der Waals surface area contributed by atoms with Gasteiger partial charge in [0.05, 0.1) is 17.7 Å². The van der Waals surface area contributed by atoms with Crippen LogP contribution in [0, 0.1) is 6.92 Å². The van der Waals surface area contributed by atoms with Gasteiger partial charge in [-0.3, -0.25) is 9.10 Å². The summed E-state index contributed by atoms with van der Waals surface area (Å²) in [6.07, 6.45) is 0.778. The Morgan fingerprint density at radius 1 is 1.06 bits per heavy atom. The molecule has 3 aromatic rings. The molecule has 0 unspecified atom stereocenters. The molecule has 0 aliphatic rings. The molecule has 0 saturated carbocycles. The SMILES string of the molecule is COc1ccc(S(=O)(=O)N(CC(=O)NCCCSCc2ccc(Cl)cc2)c2ccccc2)cc1C. The minimum atomic E-state index is -3.97. The fourth-order valence-corrected chi connectivity index (χ4v) is 5.96. The first-order chi connectivity index (χ1) is 16.8. The Kier molecular flexibility index (Phi) is 9.89. The Morgan fingerprint density at radius 3 is 2.43 bits per heavy atom. The molecule has 0 aliphatic carbocycles. The predicted octanol–water partition coefficient (Wildman–Crippen LogP) is 5.29. The van der Waals surface area contributed by atoms with Crippen molar-refractivity contribution in [2.45, 2.75) is 24.0 Å². The zero-order valence-corrected chi connectivity index (χ0v) is 22.1. The number of hydrogen-bond donors (Lipinski definition) is 1. The van der Waals surface area contributed by atoms with Gasteiger partial charge in [-0.1, -0.05) is 41.9 Å². The average molecular weight is 533 g/mol. The molecular formula is C26H29ClN2O4S2. The minimum Gasteiger partial charge on any atom is -0.496 e. The van der Waals surface area contributed by atoms with Crippen LogP contribution in [-0.4, -0.2) is 40.3 Å². The summed E-state index contributed by atoms with van der Waals surface area (Å²) in [6, 6.07) is 21.0. The van der Waals surface area contributed by atoms with Gasteiger partial charge in [0, 0.05) is 17.3 Å². The zero-order chi connectivity index (χ0) is 25.3. The quantitative estimate of drug-likeness (QED) is 0.321. The highest BCUT2D eigenvalue weighted by Crippen LogP contribution is 2.27. The van der Waals surface area contributed by atoms with Crippen molar-refractivity contribution in [1.29, 1.82) is 0 Å². The summed E-state index contributed by atoms with van der Waals surface area (Å²) in [5.41, 5.74) is 2.32. The monoisotopic (exact) mass is 532 g/mol. The van der Waals surface area contributed by atoms with Crippen LogP contribution in [0.5, 0.6) is 5.75 Å². The van der Waals surface area contributed by atoms with Crippen molar-refractivity contribution in [2.24, 2.45) is 0 Å². The van der Waals surface area contributed by atoms with Crippen LogP contribution in [0.4, 0.5) is 5.69 Å². The highest BCUT2D eigenvalue weighted by molar-refractivity contribution is 7.98. The Morgan fingerprint density at radius 2 is 1.77 bits per heavy atom. The number of anilines is 1. The van der Waals surface area contributed by atoms with E-state index in [0.717, 1.165) is 27.3 Å². The van der Waals surface area contributed by atoms with Crippen LogP contribution < -0.4 is 14.4 Å². The molecule has 186 valence electrons. The number of methoxy groups -OCH3 is 1. The average Bonchev–Trinajstić information content (AvgIpc) is 2.86. The standard InChI is InChI=1S/C26H29ClN2O4S2/c1-20-17-24(13-14-25(20)33-2)35(31,32)29(23-7-4-3-5-8-23)18-26(30)28-15-6-16-34-19-21-9-11-22(27)12-10-21/h3-5,7-14,17H,6,15-16,18-19H2,1-2H3,(H,28,30). The predicted molar refractivity (Wildman–Crippen MR) is 144 cm³/mol. The van der Waals surface area contributed by atoms with Crippen molar-refractivity contribution in [1.82, 2.24) is 5.32 Å². The second-order valence-corrected chi connectivity index (χ2v) is 11.3. The van der Waals surface area contributed by atoms with E-state index in [0.29, 0.717) is 23.5 Å². The molecule has 1 amide bonds. The topological polar surface area (TPSA) is 75.7 Å². The fraction of sp³-hybridized carbons (Fsp3) is 0.269. The number of amides is 1. The zero-order valence-electron chi connectivity index (χ0n) is 19.7. The van der Waals surface area contributed by atoms with Gasteiger partial charge in [-0.15, -0.1) is 0 Å². The van der Waals surface area contributed by atoms with Crippen LogP contribution >= 0.6 is 23.4 Å². The molecule has 3 rings (SSSR count). The molecule has 0 saturated heterocycles. The molecule has 0 spiro atoms. The summed E-state index contributed by atoms with van der Waals surface area (Å²) in [5.74, 6) is 1.98. The van der Waals surface area contributed by atoms with Crippen molar-refractivity contribution in [3.8, 4) is 5.75 Å². The van der Waals surface area contributed by atoms with Gasteiger partial charge in [-0.05, 0) is 72.7 Å². The maximum Gasteiger partial charge on any atom is 0.264 e. The number of hydrogen-bond acceptors (Lipinski definition) is 5. The second kappa shape index (κ2) is 12.9.